The van der Waals surface area contributed by atoms with Crippen molar-refractivity contribution in [2.24, 2.45) is 0 Å². The summed E-state index contributed by atoms with van der Waals surface area (Å²) in [5.74, 6) is 0. The molecule has 0 bridgehead atoms. The minimum absolute atomic E-state index is 0.684. The molecule has 0 heterocycles. The van der Waals surface area contributed by atoms with Gasteiger partial charge in [0.05, 0.1) is 6.07 Å². The van der Waals surface area contributed by atoms with Crippen LogP contribution in [0, 0.1) is 11.3 Å². The van der Waals surface area contributed by atoms with Gasteiger partial charge in [-0.1, -0.05) is 39.0 Å². The summed E-state index contributed by atoms with van der Waals surface area (Å²) in [5.41, 5.74) is 0. The number of nitrogens with zero attached hydrogens (tertiary/aromatic N) is 1. The highest BCUT2D eigenvalue weighted by atomic mass is 14.8. The van der Waals surface area contributed by atoms with Crippen LogP contribution in [0.1, 0.15) is 58.3 Å². The van der Waals surface area contributed by atoms with Crippen LogP contribution in [0.25, 0.3) is 0 Å². The topological polar surface area (TPSA) is 35.8 Å². The number of hydrogen-bond donors (Lipinski definition) is 1. The fourth-order valence-electron chi connectivity index (χ4n) is 1.45. The monoisotopic (exact) mass is 196 g/mol. The molecule has 0 unspecified atom stereocenters. The van der Waals surface area contributed by atoms with Crippen LogP contribution in [-0.2, 0) is 0 Å². The van der Waals surface area contributed by atoms with E-state index in [2.05, 4.69) is 18.3 Å². The number of rotatable bonds is 10. The van der Waals surface area contributed by atoms with Gasteiger partial charge in [0.1, 0.15) is 0 Å². The van der Waals surface area contributed by atoms with Gasteiger partial charge in [-0.15, -0.1) is 0 Å². The summed E-state index contributed by atoms with van der Waals surface area (Å²) in [6.45, 7) is 4.37. The molecule has 0 amide bonds. The maximum atomic E-state index is 8.31. The first-order valence-corrected chi connectivity index (χ1v) is 5.99. The SMILES string of the molecule is CCCCCCCCNCCCC#N. The van der Waals surface area contributed by atoms with Crippen LogP contribution in [-0.4, -0.2) is 13.1 Å². The zero-order chi connectivity index (χ0) is 10.5. The Labute approximate surface area is 88.7 Å². The van der Waals surface area contributed by atoms with Gasteiger partial charge in [0, 0.05) is 6.42 Å². The smallest absolute Gasteiger partial charge is 0.0622 e. The molecule has 82 valence electrons. The summed E-state index contributed by atoms with van der Waals surface area (Å²) in [5, 5.41) is 11.7. The van der Waals surface area contributed by atoms with Crippen molar-refractivity contribution in [2.75, 3.05) is 13.1 Å². The number of unbranched alkanes of at least 4 members (excludes halogenated alkanes) is 6. The first-order valence-electron chi connectivity index (χ1n) is 5.99. The summed E-state index contributed by atoms with van der Waals surface area (Å²) >= 11 is 0. The van der Waals surface area contributed by atoms with Gasteiger partial charge in [-0.2, -0.15) is 5.26 Å². The largest absolute Gasteiger partial charge is 0.317 e. The molecule has 0 spiro atoms. The Morgan fingerprint density at radius 1 is 0.929 bits per heavy atom. The molecule has 0 aliphatic rings. The predicted octanol–water partition coefficient (Wildman–Crippen LogP) is 3.24. The normalized spacial score (nSPS) is 10.0. The lowest BCUT2D eigenvalue weighted by molar-refractivity contribution is 0.567. The van der Waals surface area contributed by atoms with Gasteiger partial charge in [-0.3, -0.25) is 0 Å². The van der Waals surface area contributed by atoms with Gasteiger partial charge in [0.15, 0.2) is 0 Å². The molecule has 0 fully saturated rings. The van der Waals surface area contributed by atoms with Crippen LogP contribution in [0.4, 0.5) is 0 Å². The Kier molecular flexibility index (Phi) is 12.0. The predicted molar refractivity (Wildman–Crippen MR) is 61.1 cm³/mol. The third-order valence-electron chi connectivity index (χ3n) is 2.35. The molecule has 1 N–H and O–H groups in total. The lowest BCUT2D eigenvalue weighted by Gasteiger charge is -2.02. The first kappa shape index (κ1) is 13.4. The van der Waals surface area contributed by atoms with Crippen LogP contribution in [0.5, 0.6) is 0 Å². The highest BCUT2D eigenvalue weighted by Crippen LogP contribution is 2.03. The maximum Gasteiger partial charge on any atom is 0.0622 e. The van der Waals surface area contributed by atoms with Gasteiger partial charge in [0.2, 0.25) is 0 Å². The second-order valence-corrected chi connectivity index (χ2v) is 3.78. The second-order valence-electron chi connectivity index (χ2n) is 3.78. The van der Waals surface area contributed by atoms with Crippen molar-refractivity contribution in [3.63, 3.8) is 0 Å². The minimum Gasteiger partial charge on any atom is -0.317 e. The highest BCUT2D eigenvalue weighted by molar-refractivity contribution is 4.68. The summed E-state index contributed by atoms with van der Waals surface area (Å²) in [6, 6.07) is 2.15. The molecule has 0 aliphatic carbocycles. The van der Waals surface area contributed by atoms with E-state index in [1.165, 1.54) is 38.5 Å². The molecule has 0 aliphatic heterocycles. The quantitative estimate of drug-likeness (QED) is 0.544. The van der Waals surface area contributed by atoms with E-state index < -0.39 is 0 Å². The molecule has 0 saturated heterocycles. The van der Waals surface area contributed by atoms with Crippen molar-refractivity contribution < 1.29 is 0 Å². The lowest BCUT2D eigenvalue weighted by atomic mass is 10.1. The Morgan fingerprint density at radius 2 is 1.57 bits per heavy atom. The molecule has 0 aromatic heterocycles. The van der Waals surface area contributed by atoms with Gasteiger partial charge in [-0.25, -0.2) is 0 Å². The van der Waals surface area contributed by atoms with E-state index in [9.17, 15) is 0 Å². The van der Waals surface area contributed by atoms with Crippen molar-refractivity contribution in [3.05, 3.63) is 0 Å². The molecular formula is C12H24N2. The van der Waals surface area contributed by atoms with E-state index >= 15 is 0 Å². The maximum absolute atomic E-state index is 8.31. The van der Waals surface area contributed by atoms with E-state index in [0.717, 1.165) is 19.5 Å². The summed E-state index contributed by atoms with van der Waals surface area (Å²) < 4.78 is 0. The Hall–Kier alpha value is -0.550. The minimum atomic E-state index is 0.684. The van der Waals surface area contributed by atoms with Crippen molar-refractivity contribution in [1.29, 1.82) is 5.26 Å². The number of nitrogens with one attached hydrogen (secondary N) is 1. The number of hydrogen-bond acceptors (Lipinski definition) is 2. The van der Waals surface area contributed by atoms with Gasteiger partial charge >= 0.3 is 0 Å². The zero-order valence-corrected chi connectivity index (χ0v) is 9.52. The molecule has 0 radical (unpaired) electrons. The highest BCUT2D eigenvalue weighted by Gasteiger charge is 1.90. The molecule has 14 heavy (non-hydrogen) atoms. The third-order valence-corrected chi connectivity index (χ3v) is 2.35. The van der Waals surface area contributed by atoms with E-state index in [1.54, 1.807) is 0 Å². The summed E-state index contributed by atoms with van der Waals surface area (Å²) in [6.07, 6.45) is 9.80. The fraction of sp³-hybridized carbons (Fsp3) is 0.917. The molecular weight excluding hydrogens is 172 g/mol. The van der Waals surface area contributed by atoms with Crippen molar-refractivity contribution in [1.82, 2.24) is 5.32 Å². The van der Waals surface area contributed by atoms with E-state index in [-0.39, 0.29) is 0 Å². The molecule has 0 aromatic rings. The Balaban J connectivity index is 2.82. The van der Waals surface area contributed by atoms with E-state index in [1.807, 2.05) is 0 Å². The van der Waals surface area contributed by atoms with Crippen LogP contribution < -0.4 is 5.32 Å². The average Bonchev–Trinajstić information content (AvgIpc) is 2.21. The van der Waals surface area contributed by atoms with Crippen LogP contribution in [0.15, 0.2) is 0 Å². The molecule has 2 heteroatoms. The molecule has 2 nitrogen and oxygen atoms in total. The number of nitriles is 1. The first-order chi connectivity index (χ1) is 6.91. The van der Waals surface area contributed by atoms with Crippen molar-refractivity contribution in [3.8, 4) is 6.07 Å². The molecule has 0 aromatic carbocycles. The fourth-order valence-corrected chi connectivity index (χ4v) is 1.45. The molecule has 0 saturated carbocycles. The van der Waals surface area contributed by atoms with E-state index in [0.29, 0.717) is 6.42 Å². The van der Waals surface area contributed by atoms with Crippen molar-refractivity contribution >= 4 is 0 Å². The average molecular weight is 196 g/mol. The van der Waals surface area contributed by atoms with Gasteiger partial charge < -0.3 is 5.32 Å². The summed E-state index contributed by atoms with van der Waals surface area (Å²) in [4.78, 5) is 0. The zero-order valence-electron chi connectivity index (χ0n) is 9.52. The Morgan fingerprint density at radius 3 is 2.29 bits per heavy atom. The molecule has 0 atom stereocenters. The third kappa shape index (κ3) is 11.4. The van der Waals surface area contributed by atoms with Gasteiger partial charge in [0.25, 0.3) is 0 Å². The van der Waals surface area contributed by atoms with E-state index in [4.69, 9.17) is 5.26 Å². The van der Waals surface area contributed by atoms with Gasteiger partial charge in [-0.05, 0) is 25.9 Å². The lowest BCUT2D eigenvalue weighted by Crippen LogP contribution is -2.16. The van der Waals surface area contributed by atoms with Crippen LogP contribution >= 0.6 is 0 Å². The van der Waals surface area contributed by atoms with Crippen molar-refractivity contribution in [2.45, 2.75) is 58.3 Å². The Bertz CT molecular complexity index is 138. The molecule has 0 rings (SSSR count). The summed E-state index contributed by atoms with van der Waals surface area (Å²) in [7, 11) is 0. The van der Waals surface area contributed by atoms with Crippen LogP contribution in [0.3, 0.4) is 0 Å². The second kappa shape index (κ2) is 12.4. The van der Waals surface area contributed by atoms with Crippen LogP contribution in [0.2, 0.25) is 0 Å². The standard InChI is InChI=1S/C12H24N2/c1-2-3-4-5-6-8-11-14-12-9-7-10-13/h14H,2-9,11-12H2,1H3.